The van der Waals surface area contributed by atoms with Gasteiger partial charge in [0.05, 0.1) is 18.8 Å². The Balaban J connectivity index is 0.00000200. The second-order valence-electron chi connectivity index (χ2n) is 5.00. The third-order valence-corrected chi connectivity index (χ3v) is 3.18. The largest absolute Gasteiger partial charge is 0.458 e. The van der Waals surface area contributed by atoms with E-state index in [1.54, 1.807) is 6.07 Å². The zero-order valence-electron chi connectivity index (χ0n) is 12.0. The summed E-state index contributed by atoms with van der Waals surface area (Å²) in [6.45, 7) is 8.01. The van der Waals surface area contributed by atoms with Gasteiger partial charge < -0.3 is 9.47 Å². The van der Waals surface area contributed by atoms with Gasteiger partial charge in [-0.05, 0) is 26.0 Å². The van der Waals surface area contributed by atoms with Gasteiger partial charge in [-0.3, -0.25) is 4.90 Å². The normalized spacial score (nSPS) is 17.1. The fourth-order valence-electron chi connectivity index (χ4n) is 2.21. The molecule has 0 N–H and O–H groups in total. The van der Waals surface area contributed by atoms with Crippen LogP contribution in [0.25, 0.3) is 0 Å². The van der Waals surface area contributed by atoms with Crippen molar-refractivity contribution >= 4 is 18.4 Å². The average Bonchev–Trinajstić information content (AvgIpc) is 2.39. The van der Waals surface area contributed by atoms with Crippen molar-refractivity contribution in [2.75, 3.05) is 32.8 Å². The predicted molar refractivity (Wildman–Crippen MR) is 80.6 cm³/mol. The lowest BCUT2D eigenvalue weighted by molar-refractivity contribution is 0.000442. The topological polar surface area (TPSA) is 38.8 Å². The minimum atomic E-state index is -0.246. The standard InChI is InChI=1S/C15H21NO3.ClH/c1-12-4-3-5-14(10-12)15(17)19-13(2)11-16-6-8-18-9-7-16;/h3-5,10,13H,6-9,11H2,1-2H3;1H. The van der Waals surface area contributed by atoms with Gasteiger partial charge >= 0.3 is 5.97 Å². The zero-order chi connectivity index (χ0) is 13.7. The Kier molecular flexibility index (Phi) is 6.99. The van der Waals surface area contributed by atoms with E-state index in [2.05, 4.69) is 4.90 Å². The SMILES string of the molecule is Cc1cccc(C(=O)OC(C)CN2CCOCC2)c1.Cl. The highest BCUT2D eigenvalue weighted by Gasteiger charge is 2.17. The van der Waals surface area contributed by atoms with E-state index in [1.165, 1.54) is 0 Å². The van der Waals surface area contributed by atoms with Crippen LogP contribution in [0.2, 0.25) is 0 Å². The number of benzene rings is 1. The molecule has 1 fully saturated rings. The molecule has 2 rings (SSSR count). The van der Waals surface area contributed by atoms with Crippen LogP contribution in [0, 0.1) is 6.92 Å². The molecule has 112 valence electrons. The molecule has 0 spiro atoms. The Morgan fingerprint density at radius 3 is 2.75 bits per heavy atom. The summed E-state index contributed by atoms with van der Waals surface area (Å²) in [7, 11) is 0. The maximum Gasteiger partial charge on any atom is 0.338 e. The number of ether oxygens (including phenoxy) is 2. The molecule has 0 amide bonds. The van der Waals surface area contributed by atoms with Gasteiger partial charge in [0.15, 0.2) is 0 Å². The fourth-order valence-corrected chi connectivity index (χ4v) is 2.21. The maximum absolute atomic E-state index is 12.0. The van der Waals surface area contributed by atoms with Crippen LogP contribution in [0.5, 0.6) is 0 Å². The van der Waals surface area contributed by atoms with Gasteiger partial charge in [0.1, 0.15) is 6.10 Å². The quantitative estimate of drug-likeness (QED) is 0.800. The number of nitrogens with zero attached hydrogens (tertiary/aromatic N) is 1. The van der Waals surface area contributed by atoms with E-state index in [0.717, 1.165) is 38.4 Å². The molecular weight excluding hydrogens is 278 g/mol. The van der Waals surface area contributed by atoms with Gasteiger partial charge in [0, 0.05) is 19.6 Å². The minimum Gasteiger partial charge on any atom is -0.458 e. The lowest BCUT2D eigenvalue weighted by Crippen LogP contribution is -2.41. The molecule has 0 saturated carbocycles. The molecule has 0 bridgehead atoms. The number of esters is 1. The number of hydrogen-bond acceptors (Lipinski definition) is 4. The van der Waals surface area contributed by atoms with Crippen molar-refractivity contribution in [3.05, 3.63) is 35.4 Å². The smallest absolute Gasteiger partial charge is 0.338 e. The van der Waals surface area contributed by atoms with E-state index in [1.807, 2.05) is 32.0 Å². The molecule has 4 nitrogen and oxygen atoms in total. The third kappa shape index (κ3) is 5.12. The second kappa shape index (κ2) is 8.25. The molecular formula is C15H22ClNO3. The van der Waals surface area contributed by atoms with Crippen LogP contribution in [0.4, 0.5) is 0 Å². The summed E-state index contributed by atoms with van der Waals surface area (Å²) in [4.78, 5) is 14.2. The van der Waals surface area contributed by atoms with Crippen molar-refractivity contribution in [2.24, 2.45) is 0 Å². The highest BCUT2D eigenvalue weighted by Crippen LogP contribution is 2.08. The average molecular weight is 300 g/mol. The first-order chi connectivity index (χ1) is 9.15. The number of carbonyl (C=O) groups excluding carboxylic acids is 1. The van der Waals surface area contributed by atoms with Gasteiger partial charge in [0.2, 0.25) is 0 Å². The molecule has 1 saturated heterocycles. The Hall–Kier alpha value is -1.10. The molecule has 0 radical (unpaired) electrons. The van der Waals surface area contributed by atoms with Crippen molar-refractivity contribution in [3.63, 3.8) is 0 Å². The van der Waals surface area contributed by atoms with E-state index >= 15 is 0 Å². The maximum atomic E-state index is 12.0. The van der Waals surface area contributed by atoms with Crippen LogP contribution in [0.1, 0.15) is 22.8 Å². The monoisotopic (exact) mass is 299 g/mol. The summed E-state index contributed by atoms with van der Waals surface area (Å²) in [5.74, 6) is -0.246. The van der Waals surface area contributed by atoms with Crippen LogP contribution in [0.15, 0.2) is 24.3 Å². The number of carbonyl (C=O) groups is 1. The van der Waals surface area contributed by atoms with Gasteiger partial charge in [-0.2, -0.15) is 0 Å². The summed E-state index contributed by atoms with van der Waals surface area (Å²) in [5, 5.41) is 0. The van der Waals surface area contributed by atoms with Gasteiger partial charge in [-0.25, -0.2) is 4.79 Å². The van der Waals surface area contributed by atoms with Crippen molar-refractivity contribution < 1.29 is 14.3 Å². The van der Waals surface area contributed by atoms with Gasteiger partial charge in [0.25, 0.3) is 0 Å². The highest BCUT2D eigenvalue weighted by molar-refractivity contribution is 5.89. The van der Waals surface area contributed by atoms with Crippen LogP contribution in [-0.4, -0.2) is 49.8 Å². The van der Waals surface area contributed by atoms with Crippen molar-refractivity contribution in [2.45, 2.75) is 20.0 Å². The summed E-state index contributed by atoms with van der Waals surface area (Å²) < 4.78 is 10.8. The van der Waals surface area contributed by atoms with E-state index in [4.69, 9.17) is 9.47 Å². The molecule has 1 aromatic rings. The van der Waals surface area contributed by atoms with Crippen LogP contribution in [-0.2, 0) is 9.47 Å². The number of halogens is 1. The Bertz CT molecular complexity index is 433. The number of morpholine rings is 1. The third-order valence-electron chi connectivity index (χ3n) is 3.18. The molecule has 0 aliphatic carbocycles. The summed E-state index contributed by atoms with van der Waals surface area (Å²) >= 11 is 0. The molecule has 1 aromatic carbocycles. The van der Waals surface area contributed by atoms with Gasteiger partial charge in [-0.1, -0.05) is 17.7 Å². The minimum absolute atomic E-state index is 0. The van der Waals surface area contributed by atoms with E-state index in [9.17, 15) is 4.79 Å². The first kappa shape index (κ1) is 17.0. The summed E-state index contributed by atoms with van der Waals surface area (Å²) in [6, 6.07) is 7.48. The first-order valence-corrected chi connectivity index (χ1v) is 6.73. The fraction of sp³-hybridized carbons (Fsp3) is 0.533. The molecule has 1 aliphatic heterocycles. The van der Waals surface area contributed by atoms with E-state index < -0.39 is 0 Å². The second-order valence-corrected chi connectivity index (χ2v) is 5.00. The van der Waals surface area contributed by atoms with E-state index in [0.29, 0.717) is 5.56 Å². The number of rotatable bonds is 4. The molecule has 1 heterocycles. The van der Waals surface area contributed by atoms with Crippen LogP contribution < -0.4 is 0 Å². The lowest BCUT2D eigenvalue weighted by Gasteiger charge is -2.28. The zero-order valence-corrected chi connectivity index (χ0v) is 12.8. The van der Waals surface area contributed by atoms with E-state index in [-0.39, 0.29) is 24.5 Å². The molecule has 0 aromatic heterocycles. The first-order valence-electron chi connectivity index (χ1n) is 6.73. The summed E-state index contributed by atoms with van der Waals surface area (Å²) in [5.41, 5.74) is 1.68. The molecule has 1 aliphatic rings. The summed E-state index contributed by atoms with van der Waals surface area (Å²) in [6.07, 6.45) is -0.105. The van der Waals surface area contributed by atoms with Crippen molar-refractivity contribution in [1.82, 2.24) is 4.90 Å². The Morgan fingerprint density at radius 2 is 2.10 bits per heavy atom. The number of aryl methyl sites for hydroxylation is 1. The molecule has 5 heteroatoms. The lowest BCUT2D eigenvalue weighted by atomic mass is 10.1. The Labute approximate surface area is 126 Å². The van der Waals surface area contributed by atoms with Crippen LogP contribution >= 0.6 is 12.4 Å². The molecule has 20 heavy (non-hydrogen) atoms. The number of hydrogen-bond donors (Lipinski definition) is 0. The molecule has 1 unspecified atom stereocenters. The highest BCUT2D eigenvalue weighted by atomic mass is 35.5. The molecule has 1 atom stereocenters. The van der Waals surface area contributed by atoms with Crippen LogP contribution in [0.3, 0.4) is 0 Å². The Morgan fingerprint density at radius 1 is 1.40 bits per heavy atom. The predicted octanol–water partition coefficient (Wildman–Crippen LogP) is 2.29. The van der Waals surface area contributed by atoms with Crippen molar-refractivity contribution in [1.29, 1.82) is 0 Å². The van der Waals surface area contributed by atoms with Crippen molar-refractivity contribution in [3.8, 4) is 0 Å². The van der Waals surface area contributed by atoms with Gasteiger partial charge in [-0.15, -0.1) is 12.4 Å².